The van der Waals surface area contributed by atoms with Crippen LogP contribution in [0.15, 0.2) is 23.6 Å². The molecule has 0 saturated carbocycles. The Morgan fingerprint density at radius 1 is 1.55 bits per heavy atom. The number of hydrogen-bond acceptors (Lipinski definition) is 5. The lowest BCUT2D eigenvalue weighted by atomic mass is 10.1. The standard InChI is InChI=1S/C14H13N3O2S/c1-9-2-3-11(10(6-9)7-15)16-5-4-13-17-12(8-20-13)14(18)19/h2-3,6,8,16H,4-5H2,1H3,(H,18,19). The lowest BCUT2D eigenvalue weighted by Crippen LogP contribution is -2.06. The Bertz CT molecular complexity index is 673. The van der Waals surface area contributed by atoms with E-state index in [4.69, 9.17) is 10.4 Å². The first-order valence-corrected chi connectivity index (χ1v) is 6.90. The predicted octanol–water partition coefficient (Wildman–Crippen LogP) is 2.68. The number of nitriles is 1. The molecule has 5 nitrogen and oxygen atoms in total. The van der Waals surface area contributed by atoms with Crippen molar-refractivity contribution in [2.75, 3.05) is 11.9 Å². The van der Waals surface area contributed by atoms with Crippen molar-refractivity contribution in [3.63, 3.8) is 0 Å². The average molecular weight is 287 g/mol. The maximum absolute atomic E-state index is 10.7. The summed E-state index contributed by atoms with van der Waals surface area (Å²) in [6, 6.07) is 7.79. The molecular weight excluding hydrogens is 274 g/mol. The lowest BCUT2D eigenvalue weighted by Gasteiger charge is -2.07. The van der Waals surface area contributed by atoms with E-state index in [9.17, 15) is 4.79 Å². The summed E-state index contributed by atoms with van der Waals surface area (Å²) in [5, 5.41) is 23.3. The van der Waals surface area contributed by atoms with E-state index in [1.165, 1.54) is 16.7 Å². The van der Waals surface area contributed by atoms with Crippen molar-refractivity contribution < 1.29 is 9.90 Å². The van der Waals surface area contributed by atoms with Crippen molar-refractivity contribution in [1.82, 2.24) is 4.98 Å². The number of aryl methyl sites for hydroxylation is 1. The van der Waals surface area contributed by atoms with E-state index in [1.807, 2.05) is 25.1 Å². The Kier molecular flexibility index (Phi) is 4.33. The molecule has 0 spiro atoms. The predicted molar refractivity (Wildman–Crippen MR) is 77.2 cm³/mol. The van der Waals surface area contributed by atoms with Crippen LogP contribution in [0.2, 0.25) is 0 Å². The summed E-state index contributed by atoms with van der Waals surface area (Å²) in [6.07, 6.45) is 0.622. The third-order valence-corrected chi connectivity index (χ3v) is 3.63. The highest BCUT2D eigenvalue weighted by Gasteiger charge is 2.08. The van der Waals surface area contributed by atoms with Crippen molar-refractivity contribution >= 4 is 23.0 Å². The van der Waals surface area contributed by atoms with Gasteiger partial charge in [0.25, 0.3) is 0 Å². The van der Waals surface area contributed by atoms with Crippen LogP contribution in [0.3, 0.4) is 0 Å². The molecule has 20 heavy (non-hydrogen) atoms. The molecule has 0 aliphatic heterocycles. The molecule has 1 aromatic heterocycles. The van der Waals surface area contributed by atoms with E-state index in [2.05, 4.69) is 16.4 Å². The summed E-state index contributed by atoms with van der Waals surface area (Å²) in [5.74, 6) is -1.01. The number of anilines is 1. The highest BCUT2D eigenvalue weighted by Crippen LogP contribution is 2.17. The smallest absolute Gasteiger partial charge is 0.355 e. The fraction of sp³-hybridized carbons (Fsp3) is 0.214. The number of carbonyl (C=O) groups is 1. The van der Waals surface area contributed by atoms with Gasteiger partial charge in [0.05, 0.1) is 16.3 Å². The summed E-state index contributed by atoms with van der Waals surface area (Å²) in [4.78, 5) is 14.7. The summed E-state index contributed by atoms with van der Waals surface area (Å²) in [7, 11) is 0. The van der Waals surface area contributed by atoms with Crippen LogP contribution in [0.4, 0.5) is 5.69 Å². The van der Waals surface area contributed by atoms with Gasteiger partial charge in [-0.1, -0.05) is 6.07 Å². The number of hydrogen-bond donors (Lipinski definition) is 2. The Morgan fingerprint density at radius 2 is 2.35 bits per heavy atom. The van der Waals surface area contributed by atoms with E-state index in [0.29, 0.717) is 18.5 Å². The first-order valence-electron chi connectivity index (χ1n) is 6.02. The van der Waals surface area contributed by atoms with Crippen LogP contribution < -0.4 is 5.32 Å². The second-order valence-electron chi connectivity index (χ2n) is 4.27. The maximum Gasteiger partial charge on any atom is 0.355 e. The number of carboxylic acids is 1. The molecular formula is C14H13N3O2S. The maximum atomic E-state index is 10.7. The first-order chi connectivity index (χ1) is 9.60. The monoisotopic (exact) mass is 287 g/mol. The summed E-state index contributed by atoms with van der Waals surface area (Å²) >= 11 is 1.33. The van der Waals surface area contributed by atoms with Crippen molar-refractivity contribution in [3.8, 4) is 6.07 Å². The molecule has 2 aromatic rings. The summed E-state index contributed by atoms with van der Waals surface area (Å²) < 4.78 is 0. The van der Waals surface area contributed by atoms with Gasteiger partial charge in [0.1, 0.15) is 6.07 Å². The molecule has 1 heterocycles. The number of aromatic nitrogens is 1. The number of carboxylic acid groups (broad SMARTS) is 1. The van der Waals surface area contributed by atoms with E-state index in [-0.39, 0.29) is 5.69 Å². The van der Waals surface area contributed by atoms with E-state index >= 15 is 0 Å². The van der Waals surface area contributed by atoms with Gasteiger partial charge in [0.15, 0.2) is 5.69 Å². The Morgan fingerprint density at radius 3 is 3.00 bits per heavy atom. The van der Waals surface area contributed by atoms with Crippen molar-refractivity contribution in [1.29, 1.82) is 5.26 Å². The largest absolute Gasteiger partial charge is 0.476 e. The number of rotatable bonds is 5. The van der Waals surface area contributed by atoms with Crippen molar-refractivity contribution in [3.05, 3.63) is 45.4 Å². The Balaban J connectivity index is 1.96. The van der Waals surface area contributed by atoms with E-state index in [1.54, 1.807) is 0 Å². The Hall–Kier alpha value is -2.39. The number of benzene rings is 1. The molecule has 6 heteroatoms. The highest BCUT2D eigenvalue weighted by molar-refractivity contribution is 7.09. The van der Waals surface area contributed by atoms with Crippen LogP contribution in [0.1, 0.15) is 26.6 Å². The number of nitrogens with one attached hydrogen (secondary N) is 1. The molecule has 0 aliphatic rings. The zero-order valence-corrected chi connectivity index (χ0v) is 11.7. The van der Waals surface area contributed by atoms with E-state index < -0.39 is 5.97 Å². The molecule has 0 amide bonds. The average Bonchev–Trinajstić information content (AvgIpc) is 2.89. The first kappa shape index (κ1) is 14.0. The molecule has 0 fully saturated rings. The highest BCUT2D eigenvalue weighted by atomic mass is 32.1. The fourth-order valence-corrected chi connectivity index (χ4v) is 2.50. The van der Waals surface area contributed by atoms with Gasteiger partial charge in [-0.3, -0.25) is 0 Å². The van der Waals surface area contributed by atoms with Crippen LogP contribution in [0.25, 0.3) is 0 Å². The fourth-order valence-electron chi connectivity index (χ4n) is 1.73. The quantitative estimate of drug-likeness (QED) is 0.883. The molecule has 2 N–H and O–H groups in total. The molecule has 0 unspecified atom stereocenters. The zero-order chi connectivity index (χ0) is 14.5. The SMILES string of the molecule is Cc1ccc(NCCc2nc(C(=O)O)cs2)c(C#N)c1. The lowest BCUT2D eigenvalue weighted by molar-refractivity contribution is 0.0691. The second kappa shape index (κ2) is 6.17. The third kappa shape index (κ3) is 3.33. The zero-order valence-electron chi connectivity index (χ0n) is 10.9. The molecule has 0 radical (unpaired) electrons. The minimum Gasteiger partial charge on any atom is -0.476 e. The molecule has 2 rings (SSSR count). The van der Waals surface area contributed by atoms with Gasteiger partial charge in [0, 0.05) is 18.3 Å². The molecule has 0 aliphatic carbocycles. The van der Waals surface area contributed by atoms with Gasteiger partial charge in [0.2, 0.25) is 0 Å². The van der Waals surface area contributed by atoms with Crippen molar-refractivity contribution in [2.45, 2.75) is 13.3 Å². The van der Waals surface area contributed by atoms with Gasteiger partial charge in [-0.2, -0.15) is 5.26 Å². The molecule has 0 saturated heterocycles. The number of nitrogens with zero attached hydrogens (tertiary/aromatic N) is 2. The Labute approximate surface area is 120 Å². The van der Waals surface area contributed by atoms with Gasteiger partial charge in [-0.15, -0.1) is 11.3 Å². The number of aromatic carboxylic acids is 1. The second-order valence-corrected chi connectivity index (χ2v) is 5.21. The van der Waals surface area contributed by atoms with Crippen LogP contribution in [-0.4, -0.2) is 22.6 Å². The minimum atomic E-state index is -1.01. The third-order valence-electron chi connectivity index (χ3n) is 2.72. The number of thiazole rings is 1. The molecule has 0 atom stereocenters. The minimum absolute atomic E-state index is 0.0815. The van der Waals surface area contributed by atoms with Gasteiger partial charge < -0.3 is 10.4 Å². The van der Waals surface area contributed by atoms with Gasteiger partial charge in [-0.05, 0) is 24.6 Å². The van der Waals surface area contributed by atoms with E-state index in [0.717, 1.165) is 16.3 Å². The molecule has 1 aromatic carbocycles. The summed E-state index contributed by atoms with van der Waals surface area (Å²) in [5.41, 5.74) is 2.51. The van der Waals surface area contributed by atoms with Crippen LogP contribution >= 0.6 is 11.3 Å². The molecule has 102 valence electrons. The molecule has 0 bridgehead atoms. The van der Waals surface area contributed by atoms with Crippen LogP contribution in [0.5, 0.6) is 0 Å². The summed E-state index contributed by atoms with van der Waals surface area (Å²) in [6.45, 7) is 2.54. The normalized spacial score (nSPS) is 10.0. The van der Waals surface area contributed by atoms with Crippen LogP contribution in [0, 0.1) is 18.3 Å². The van der Waals surface area contributed by atoms with Crippen molar-refractivity contribution in [2.24, 2.45) is 0 Å². The topological polar surface area (TPSA) is 86.0 Å². The van der Waals surface area contributed by atoms with Gasteiger partial charge in [-0.25, -0.2) is 9.78 Å². The van der Waals surface area contributed by atoms with Gasteiger partial charge >= 0.3 is 5.97 Å². The van der Waals surface area contributed by atoms with Crippen LogP contribution in [-0.2, 0) is 6.42 Å².